The lowest BCUT2D eigenvalue weighted by Gasteiger charge is -2.14. The van der Waals surface area contributed by atoms with Gasteiger partial charge in [0, 0.05) is 11.8 Å². The summed E-state index contributed by atoms with van der Waals surface area (Å²) >= 11 is 0. The van der Waals surface area contributed by atoms with Crippen molar-refractivity contribution in [2.24, 2.45) is 11.8 Å². The van der Waals surface area contributed by atoms with Crippen molar-refractivity contribution >= 4 is 11.1 Å². The largest absolute Gasteiger partial charge is 0.497 e. The lowest BCUT2D eigenvalue weighted by Crippen LogP contribution is -2.04. The predicted octanol–water partition coefficient (Wildman–Crippen LogP) is 6.66. The highest BCUT2D eigenvalue weighted by atomic mass is 16.5. The minimum atomic E-state index is 0.313. The van der Waals surface area contributed by atoms with Crippen LogP contribution in [0.2, 0.25) is 0 Å². The fourth-order valence-corrected chi connectivity index (χ4v) is 3.71. The van der Waals surface area contributed by atoms with E-state index in [4.69, 9.17) is 9.47 Å². The average molecular weight is 395 g/mol. The fourth-order valence-electron chi connectivity index (χ4n) is 3.71. The lowest BCUT2D eigenvalue weighted by atomic mass is 9.90. The van der Waals surface area contributed by atoms with Gasteiger partial charge in [-0.25, -0.2) is 0 Å². The Morgan fingerprint density at radius 1 is 0.533 bits per heavy atom. The van der Waals surface area contributed by atoms with Crippen LogP contribution < -0.4 is 9.47 Å². The number of ether oxygens (including phenoxy) is 2. The van der Waals surface area contributed by atoms with E-state index >= 15 is 0 Å². The van der Waals surface area contributed by atoms with Crippen molar-refractivity contribution in [2.45, 2.75) is 0 Å². The molecule has 0 spiro atoms. The third kappa shape index (κ3) is 4.55. The molecule has 0 aromatic heterocycles. The zero-order valence-corrected chi connectivity index (χ0v) is 17.4. The second-order valence-electron chi connectivity index (χ2n) is 7.34. The van der Waals surface area contributed by atoms with Crippen molar-refractivity contribution in [2.75, 3.05) is 14.2 Å². The van der Waals surface area contributed by atoms with Gasteiger partial charge in [0.15, 0.2) is 0 Å². The lowest BCUT2D eigenvalue weighted by molar-refractivity contribution is 0.414. The van der Waals surface area contributed by atoms with E-state index in [1.165, 1.54) is 22.3 Å². The average Bonchev–Trinajstić information content (AvgIpc) is 3.20. The Balaban J connectivity index is 1.47. The monoisotopic (exact) mass is 394 g/mol. The molecule has 2 aromatic rings. The molecule has 2 aliphatic rings. The summed E-state index contributed by atoms with van der Waals surface area (Å²) in [7, 11) is 3.38. The first-order valence-electron chi connectivity index (χ1n) is 10.2. The zero-order chi connectivity index (χ0) is 20.8. The van der Waals surface area contributed by atoms with Gasteiger partial charge in [-0.05, 0) is 46.5 Å². The van der Waals surface area contributed by atoms with Gasteiger partial charge in [0.25, 0.3) is 0 Å². The van der Waals surface area contributed by atoms with Crippen LogP contribution >= 0.6 is 0 Å². The molecule has 0 amide bonds. The van der Waals surface area contributed by atoms with Gasteiger partial charge in [-0.15, -0.1) is 0 Å². The van der Waals surface area contributed by atoms with E-state index in [-0.39, 0.29) is 0 Å². The SMILES string of the molecule is COc1ccc(C2=CC=CC(C3C=CC=C(c4ccc(OC)cc4)C=C3)C=C2)cc1. The van der Waals surface area contributed by atoms with Crippen LogP contribution in [-0.2, 0) is 0 Å². The minimum absolute atomic E-state index is 0.313. The minimum Gasteiger partial charge on any atom is -0.497 e. The number of hydrogen-bond donors (Lipinski definition) is 0. The molecule has 0 radical (unpaired) electrons. The molecule has 2 aromatic carbocycles. The summed E-state index contributed by atoms with van der Waals surface area (Å²) in [5.74, 6) is 2.37. The molecule has 0 saturated heterocycles. The van der Waals surface area contributed by atoms with Crippen molar-refractivity contribution in [1.82, 2.24) is 0 Å². The molecule has 0 saturated carbocycles. The van der Waals surface area contributed by atoms with E-state index in [9.17, 15) is 0 Å². The van der Waals surface area contributed by atoms with Crippen LogP contribution in [-0.4, -0.2) is 14.2 Å². The summed E-state index contributed by atoms with van der Waals surface area (Å²) in [6.07, 6.45) is 22.2. The summed E-state index contributed by atoms with van der Waals surface area (Å²) in [6.45, 7) is 0. The number of allylic oxidation sites excluding steroid dienone is 12. The first kappa shape index (κ1) is 19.8. The fraction of sp³-hybridized carbons (Fsp3) is 0.143. The second kappa shape index (κ2) is 9.32. The Bertz CT molecular complexity index is 957. The van der Waals surface area contributed by atoms with E-state index in [1.54, 1.807) is 14.2 Å². The molecule has 2 heteroatoms. The summed E-state index contributed by atoms with van der Waals surface area (Å²) in [6, 6.07) is 16.4. The summed E-state index contributed by atoms with van der Waals surface area (Å²) in [5, 5.41) is 0. The van der Waals surface area contributed by atoms with Crippen LogP contribution in [0.25, 0.3) is 11.1 Å². The predicted molar refractivity (Wildman–Crippen MR) is 125 cm³/mol. The van der Waals surface area contributed by atoms with Crippen molar-refractivity contribution < 1.29 is 9.47 Å². The van der Waals surface area contributed by atoms with E-state index < -0.39 is 0 Å². The molecule has 2 atom stereocenters. The van der Waals surface area contributed by atoms with Crippen LogP contribution in [0.15, 0.2) is 109 Å². The van der Waals surface area contributed by atoms with Crippen molar-refractivity contribution in [3.05, 3.63) is 120 Å². The quantitative estimate of drug-likeness (QED) is 0.565. The van der Waals surface area contributed by atoms with Crippen LogP contribution in [0.5, 0.6) is 11.5 Å². The van der Waals surface area contributed by atoms with Crippen LogP contribution in [0.1, 0.15) is 11.1 Å². The highest BCUT2D eigenvalue weighted by Gasteiger charge is 2.14. The summed E-state index contributed by atoms with van der Waals surface area (Å²) in [5.41, 5.74) is 4.78. The molecule has 4 rings (SSSR count). The zero-order valence-electron chi connectivity index (χ0n) is 17.4. The Hall–Kier alpha value is -3.52. The summed E-state index contributed by atoms with van der Waals surface area (Å²) in [4.78, 5) is 0. The first-order valence-corrected chi connectivity index (χ1v) is 10.2. The molecule has 0 N–H and O–H groups in total. The van der Waals surface area contributed by atoms with Crippen LogP contribution in [0.3, 0.4) is 0 Å². The smallest absolute Gasteiger partial charge is 0.118 e. The Kier molecular flexibility index (Phi) is 6.14. The Morgan fingerprint density at radius 2 is 0.933 bits per heavy atom. The molecular weight excluding hydrogens is 368 g/mol. The highest BCUT2D eigenvalue weighted by molar-refractivity contribution is 5.77. The van der Waals surface area contributed by atoms with Gasteiger partial charge in [0.1, 0.15) is 11.5 Å². The Morgan fingerprint density at radius 3 is 1.30 bits per heavy atom. The topological polar surface area (TPSA) is 18.5 Å². The van der Waals surface area contributed by atoms with Gasteiger partial charge >= 0.3 is 0 Å². The summed E-state index contributed by atoms with van der Waals surface area (Å²) < 4.78 is 10.5. The van der Waals surface area contributed by atoms with Gasteiger partial charge < -0.3 is 9.47 Å². The second-order valence-corrected chi connectivity index (χ2v) is 7.34. The number of benzene rings is 2. The van der Waals surface area contributed by atoms with E-state index in [0.717, 1.165) is 11.5 Å². The third-order valence-electron chi connectivity index (χ3n) is 5.51. The van der Waals surface area contributed by atoms with Crippen molar-refractivity contribution in [3.8, 4) is 11.5 Å². The van der Waals surface area contributed by atoms with Crippen LogP contribution in [0.4, 0.5) is 0 Å². The molecule has 0 bridgehead atoms. The number of hydrogen-bond acceptors (Lipinski definition) is 2. The molecule has 150 valence electrons. The molecule has 2 aliphatic carbocycles. The molecule has 0 heterocycles. The molecule has 0 aliphatic heterocycles. The molecular formula is C28H26O2. The standard InChI is InChI=1S/C28H26O2/c1-29-27-17-13-25(14-18-27)23-7-3-5-21(9-11-23)22-6-4-8-24(12-10-22)26-15-19-28(30-2)20-16-26/h3-22H,1-2H3. The number of methoxy groups -OCH3 is 2. The van der Waals surface area contributed by atoms with Crippen molar-refractivity contribution in [3.63, 3.8) is 0 Å². The van der Waals surface area contributed by atoms with E-state index in [1.807, 2.05) is 24.3 Å². The normalized spacial score (nSPS) is 20.2. The maximum atomic E-state index is 5.26. The van der Waals surface area contributed by atoms with Gasteiger partial charge in [-0.3, -0.25) is 0 Å². The van der Waals surface area contributed by atoms with Gasteiger partial charge in [0.05, 0.1) is 14.2 Å². The molecule has 2 unspecified atom stereocenters. The molecule has 2 nitrogen and oxygen atoms in total. The van der Waals surface area contributed by atoms with Crippen molar-refractivity contribution in [1.29, 1.82) is 0 Å². The maximum Gasteiger partial charge on any atom is 0.118 e. The van der Waals surface area contributed by atoms with Gasteiger partial charge in [0.2, 0.25) is 0 Å². The highest BCUT2D eigenvalue weighted by Crippen LogP contribution is 2.29. The van der Waals surface area contributed by atoms with Crippen LogP contribution in [0, 0.1) is 11.8 Å². The first-order chi connectivity index (χ1) is 14.8. The van der Waals surface area contributed by atoms with Gasteiger partial charge in [-0.1, -0.05) is 85.0 Å². The molecule has 30 heavy (non-hydrogen) atoms. The van der Waals surface area contributed by atoms with E-state index in [0.29, 0.717) is 11.8 Å². The number of rotatable bonds is 5. The maximum absolute atomic E-state index is 5.26. The van der Waals surface area contributed by atoms with E-state index in [2.05, 4.69) is 85.0 Å². The van der Waals surface area contributed by atoms with Gasteiger partial charge in [-0.2, -0.15) is 0 Å². The third-order valence-corrected chi connectivity index (χ3v) is 5.51. The molecule has 0 fully saturated rings. The Labute approximate surface area is 178 Å².